The highest BCUT2D eigenvalue weighted by atomic mass is 16.2. The molecule has 0 bridgehead atoms. The predicted molar refractivity (Wildman–Crippen MR) is 129 cm³/mol. The fraction of sp³-hybridized carbons (Fsp3) is 0.111. The number of hydrogen-bond donors (Lipinski definition) is 1. The molecule has 0 fully saturated rings. The highest BCUT2D eigenvalue weighted by Gasteiger charge is 2.25. The number of nitrogens with one attached hydrogen (secondary N) is 1. The second kappa shape index (κ2) is 9.33. The molecule has 0 saturated heterocycles. The first-order chi connectivity index (χ1) is 16.0. The molecule has 4 rings (SSSR count). The van der Waals surface area contributed by atoms with Crippen molar-refractivity contribution in [2.45, 2.75) is 19.9 Å². The Kier molecular flexibility index (Phi) is 6.14. The van der Waals surface area contributed by atoms with Crippen molar-refractivity contribution < 1.29 is 4.79 Å². The summed E-state index contributed by atoms with van der Waals surface area (Å²) in [6, 6.07) is 27.0. The van der Waals surface area contributed by atoms with Gasteiger partial charge in [-0.25, -0.2) is 4.68 Å². The van der Waals surface area contributed by atoms with Crippen molar-refractivity contribution in [2.75, 3.05) is 5.32 Å². The van der Waals surface area contributed by atoms with Crippen LogP contribution < -0.4 is 10.9 Å². The van der Waals surface area contributed by atoms with E-state index in [4.69, 9.17) is 0 Å². The van der Waals surface area contributed by atoms with Gasteiger partial charge < -0.3 is 5.32 Å². The van der Waals surface area contributed by atoms with Gasteiger partial charge in [0.05, 0.1) is 0 Å². The van der Waals surface area contributed by atoms with E-state index in [9.17, 15) is 14.9 Å². The summed E-state index contributed by atoms with van der Waals surface area (Å²) in [5, 5.41) is 17.4. The lowest BCUT2D eigenvalue weighted by Gasteiger charge is -2.18. The van der Waals surface area contributed by atoms with Crippen LogP contribution in [0.4, 0.5) is 5.69 Å². The second-order valence-electron chi connectivity index (χ2n) is 7.72. The van der Waals surface area contributed by atoms with Crippen molar-refractivity contribution >= 4 is 11.6 Å². The lowest BCUT2D eigenvalue weighted by atomic mass is 9.96. The molecule has 0 radical (unpaired) electrons. The summed E-state index contributed by atoms with van der Waals surface area (Å²) in [6.45, 7) is 3.55. The lowest BCUT2D eigenvalue weighted by Crippen LogP contribution is -2.35. The average Bonchev–Trinajstić information content (AvgIpc) is 2.85. The van der Waals surface area contributed by atoms with Crippen LogP contribution in [0.3, 0.4) is 0 Å². The second-order valence-corrected chi connectivity index (χ2v) is 7.72. The minimum Gasteiger partial charge on any atom is -0.324 e. The lowest BCUT2D eigenvalue weighted by molar-refractivity contribution is -0.119. The Morgan fingerprint density at radius 2 is 1.52 bits per heavy atom. The third-order valence-corrected chi connectivity index (χ3v) is 5.40. The van der Waals surface area contributed by atoms with Crippen LogP contribution in [0.1, 0.15) is 24.1 Å². The number of amides is 1. The molecule has 0 aliphatic rings. The van der Waals surface area contributed by atoms with Gasteiger partial charge in [-0.05, 0) is 31.5 Å². The van der Waals surface area contributed by atoms with Crippen LogP contribution in [0.5, 0.6) is 0 Å². The van der Waals surface area contributed by atoms with Crippen LogP contribution in [-0.4, -0.2) is 15.7 Å². The van der Waals surface area contributed by atoms with Gasteiger partial charge in [-0.1, -0.05) is 78.4 Å². The van der Waals surface area contributed by atoms with Gasteiger partial charge in [0.1, 0.15) is 23.4 Å². The van der Waals surface area contributed by atoms with Gasteiger partial charge in [-0.15, -0.1) is 0 Å². The Bertz CT molecular complexity index is 1390. The molecule has 6 heteroatoms. The summed E-state index contributed by atoms with van der Waals surface area (Å²) in [7, 11) is 0. The number of hydrogen-bond acceptors (Lipinski definition) is 4. The molecular formula is C27H22N4O2. The summed E-state index contributed by atoms with van der Waals surface area (Å²) < 4.78 is 1.09. The molecule has 4 aromatic rings. The highest BCUT2D eigenvalue weighted by molar-refractivity contribution is 5.93. The van der Waals surface area contributed by atoms with Crippen LogP contribution >= 0.6 is 0 Å². The van der Waals surface area contributed by atoms with Gasteiger partial charge in [0, 0.05) is 16.8 Å². The molecule has 0 aliphatic heterocycles. The van der Waals surface area contributed by atoms with E-state index in [1.165, 1.54) is 0 Å². The Morgan fingerprint density at radius 1 is 0.939 bits per heavy atom. The molecule has 162 valence electrons. The monoisotopic (exact) mass is 434 g/mol. The third kappa shape index (κ3) is 4.43. The molecule has 1 heterocycles. The Hall–Kier alpha value is -4.50. The molecule has 1 unspecified atom stereocenters. The van der Waals surface area contributed by atoms with E-state index >= 15 is 0 Å². The number of aromatic nitrogens is 2. The summed E-state index contributed by atoms with van der Waals surface area (Å²) in [5.41, 5.74) is 3.41. The van der Waals surface area contributed by atoms with Gasteiger partial charge in [0.25, 0.3) is 5.56 Å². The molecule has 1 atom stereocenters. The molecule has 0 saturated carbocycles. The normalized spacial score (nSPS) is 11.4. The van der Waals surface area contributed by atoms with Crippen LogP contribution in [0.2, 0.25) is 0 Å². The van der Waals surface area contributed by atoms with Crippen molar-refractivity contribution in [3.8, 4) is 28.5 Å². The topological polar surface area (TPSA) is 87.8 Å². The Balaban J connectivity index is 1.86. The first-order valence-electron chi connectivity index (χ1n) is 10.5. The summed E-state index contributed by atoms with van der Waals surface area (Å²) in [6.07, 6.45) is 0. The van der Waals surface area contributed by atoms with Crippen molar-refractivity contribution in [3.05, 3.63) is 106 Å². The Labute approximate surface area is 191 Å². The maximum absolute atomic E-state index is 13.3. The zero-order valence-electron chi connectivity index (χ0n) is 18.3. The number of carbonyl (C=O) groups excluding carboxylic acids is 1. The van der Waals surface area contributed by atoms with Gasteiger partial charge >= 0.3 is 0 Å². The number of nitriles is 1. The minimum atomic E-state index is -0.932. The largest absolute Gasteiger partial charge is 0.324 e. The molecule has 3 aromatic carbocycles. The summed E-state index contributed by atoms with van der Waals surface area (Å²) in [4.78, 5) is 26.3. The first kappa shape index (κ1) is 21.7. The zero-order chi connectivity index (χ0) is 23.4. The third-order valence-electron chi connectivity index (χ3n) is 5.40. The van der Waals surface area contributed by atoms with Crippen LogP contribution in [0.15, 0.2) is 89.7 Å². The highest BCUT2D eigenvalue weighted by Crippen LogP contribution is 2.32. The van der Waals surface area contributed by atoms with E-state index in [1.807, 2.05) is 79.7 Å². The molecule has 33 heavy (non-hydrogen) atoms. The smallest absolute Gasteiger partial charge is 0.286 e. The molecule has 0 aliphatic carbocycles. The maximum atomic E-state index is 13.3. The number of benzene rings is 3. The molecule has 6 nitrogen and oxygen atoms in total. The zero-order valence-corrected chi connectivity index (χ0v) is 18.3. The summed E-state index contributed by atoms with van der Waals surface area (Å²) >= 11 is 0. The minimum absolute atomic E-state index is 0.0509. The molecular weight excluding hydrogens is 412 g/mol. The van der Waals surface area contributed by atoms with Crippen LogP contribution in [-0.2, 0) is 4.79 Å². The van der Waals surface area contributed by atoms with Gasteiger partial charge in [-0.2, -0.15) is 10.4 Å². The summed E-state index contributed by atoms with van der Waals surface area (Å²) in [5.74, 6) is -0.399. The molecule has 0 spiro atoms. The standard InChI is InChI=1S/C27H22N4O2/c1-18-13-15-22(16-14-18)29-26(32)19(2)31-27(33)23(17-28)24(20-9-5-3-6-10-20)25(30-31)21-11-7-4-8-12-21/h3-16,19H,1-2H3,(H,29,32). The van der Waals surface area contributed by atoms with Gasteiger partial charge in [-0.3, -0.25) is 9.59 Å². The molecule has 1 aromatic heterocycles. The number of nitrogens with zero attached hydrogens (tertiary/aromatic N) is 3. The SMILES string of the molecule is Cc1ccc(NC(=O)C(C)n2nc(-c3ccccc3)c(-c3ccccc3)c(C#N)c2=O)cc1. The van der Waals surface area contributed by atoms with E-state index in [0.717, 1.165) is 15.8 Å². The average molecular weight is 434 g/mol. The fourth-order valence-corrected chi connectivity index (χ4v) is 3.59. The van der Waals surface area contributed by atoms with Crippen LogP contribution in [0.25, 0.3) is 22.4 Å². The van der Waals surface area contributed by atoms with Crippen molar-refractivity contribution in [1.29, 1.82) is 5.26 Å². The van der Waals surface area contributed by atoms with Gasteiger partial charge in [0.15, 0.2) is 0 Å². The number of aryl methyl sites for hydroxylation is 1. The quantitative estimate of drug-likeness (QED) is 0.481. The fourth-order valence-electron chi connectivity index (χ4n) is 3.59. The van der Waals surface area contributed by atoms with Crippen LogP contribution in [0, 0.1) is 18.3 Å². The van der Waals surface area contributed by atoms with E-state index < -0.39 is 17.5 Å². The number of anilines is 1. The van der Waals surface area contributed by atoms with E-state index in [1.54, 1.807) is 19.1 Å². The maximum Gasteiger partial charge on any atom is 0.286 e. The molecule has 1 amide bonds. The Morgan fingerprint density at radius 3 is 2.09 bits per heavy atom. The van der Waals surface area contributed by atoms with E-state index in [0.29, 0.717) is 22.5 Å². The van der Waals surface area contributed by atoms with Crippen molar-refractivity contribution in [1.82, 2.24) is 9.78 Å². The van der Waals surface area contributed by atoms with Crippen molar-refractivity contribution in [2.24, 2.45) is 0 Å². The number of carbonyl (C=O) groups is 1. The molecule has 1 N–H and O–H groups in total. The van der Waals surface area contributed by atoms with E-state index in [2.05, 4.69) is 16.5 Å². The first-order valence-corrected chi connectivity index (χ1v) is 10.5. The van der Waals surface area contributed by atoms with Crippen molar-refractivity contribution in [3.63, 3.8) is 0 Å². The predicted octanol–water partition coefficient (Wildman–Crippen LogP) is 4.96. The van der Waals surface area contributed by atoms with E-state index in [-0.39, 0.29) is 5.56 Å². The van der Waals surface area contributed by atoms with Gasteiger partial charge in [0.2, 0.25) is 5.91 Å². The number of rotatable bonds is 5.